The molecule has 0 aliphatic rings. The van der Waals surface area contributed by atoms with Crippen LogP contribution in [0.4, 0.5) is 0 Å². The first-order valence-corrected chi connectivity index (χ1v) is 3.84. The van der Waals surface area contributed by atoms with Crippen LogP contribution < -0.4 is 0 Å². The summed E-state index contributed by atoms with van der Waals surface area (Å²) >= 11 is 0. The first-order valence-electron chi connectivity index (χ1n) is 2.28. The molecule has 0 rings (SSSR count). The predicted octanol–water partition coefficient (Wildman–Crippen LogP) is 0.0675. The summed E-state index contributed by atoms with van der Waals surface area (Å²) in [6, 6.07) is 0. The fourth-order valence-corrected chi connectivity index (χ4v) is 0.641. The zero-order chi connectivity index (χ0) is 6.62. The molecule has 0 unspecified atom stereocenters. The molecule has 0 fully saturated rings. The van der Waals surface area contributed by atoms with Crippen LogP contribution in [0.25, 0.3) is 0 Å². The largest absolute Gasteiger partial charge is 0.567 e. The first kappa shape index (κ1) is 8.27. The van der Waals surface area contributed by atoms with Crippen molar-refractivity contribution in [3.63, 3.8) is 0 Å². The summed E-state index contributed by atoms with van der Waals surface area (Å²) in [7, 11) is -3.93. The minimum absolute atomic E-state index is 0.178. The van der Waals surface area contributed by atoms with E-state index in [2.05, 4.69) is 4.52 Å². The Morgan fingerprint density at radius 1 is 1.38 bits per heavy atom. The zero-order valence-corrected chi connectivity index (χ0v) is 5.51. The Morgan fingerprint density at radius 3 is 2.00 bits per heavy atom. The van der Waals surface area contributed by atoms with Crippen molar-refractivity contribution >= 4 is 8.17 Å². The van der Waals surface area contributed by atoms with Crippen LogP contribution in [0.3, 0.4) is 0 Å². The van der Waals surface area contributed by atoms with Crippen LogP contribution in [0.2, 0.25) is 0 Å². The molecule has 0 spiro atoms. The number of hydrogen-bond donors (Lipinski definition) is 3. The standard InChI is InChI=1S/C3H10O4P/c1-2-3-7-8(4,5)6/h4-6H,2-3H2,1H3/q+1. The quantitative estimate of drug-likeness (QED) is 0.486. The van der Waals surface area contributed by atoms with Crippen molar-refractivity contribution in [2.75, 3.05) is 6.61 Å². The van der Waals surface area contributed by atoms with E-state index >= 15 is 0 Å². The monoisotopic (exact) mass is 141 g/mol. The van der Waals surface area contributed by atoms with Crippen LogP contribution in [-0.2, 0) is 4.52 Å². The van der Waals surface area contributed by atoms with Crippen molar-refractivity contribution in [2.24, 2.45) is 0 Å². The smallest absolute Gasteiger partial charge is 0.168 e. The van der Waals surface area contributed by atoms with Gasteiger partial charge in [0.1, 0.15) is 0 Å². The number of rotatable bonds is 3. The zero-order valence-electron chi connectivity index (χ0n) is 4.61. The lowest BCUT2D eigenvalue weighted by Gasteiger charge is -1.98. The molecule has 8 heavy (non-hydrogen) atoms. The lowest BCUT2D eigenvalue weighted by atomic mass is 10.5. The molecule has 0 aliphatic heterocycles. The highest BCUT2D eigenvalue weighted by Gasteiger charge is 2.31. The van der Waals surface area contributed by atoms with Crippen LogP contribution in [0.1, 0.15) is 13.3 Å². The topological polar surface area (TPSA) is 69.9 Å². The highest BCUT2D eigenvalue weighted by Crippen LogP contribution is 2.45. The molecular weight excluding hydrogens is 131 g/mol. The van der Waals surface area contributed by atoms with E-state index in [9.17, 15) is 0 Å². The average molecular weight is 141 g/mol. The summed E-state index contributed by atoms with van der Waals surface area (Å²) in [6.45, 7) is 1.98. The van der Waals surface area contributed by atoms with Crippen molar-refractivity contribution in [1.82, 2.24) is 0 Å². The second-order valence-electron chi connectivity index (χ2n) is 1.35. The lowest BCUT2D eigenvalue weighted by Crippen LogP contribution is -1.95. The van der Waals surface area contributed by atoms with Crippen molar-refractivity contribution in [2.45, 2.75) is 13.3 Å². The summed E-state index contributed by atoms with van der Waals surface area (Å²) < 4.78 is 4.16. The fourth-order valence-electron chi connectivity index (χ4n) is 0.214. The van der Waals surface area contributed by atoms with Gasteiger partial charge in [-0.15, -0.1) is 0 Å². The maximum Gasteiger partial charge on any atom is 0.567 e. The molecule has 0 saturated carbocycles. The van der Waals surface area contributed by atoms with Gasteiger partial charge in [-0.2, -0.15) is 19.2 Å². The van der Waals surface area contributed by atoms with Crippen LogP contribution >= 0.6 is 8.17 Å². The molecule has 0 amide bonds. The molecule has 50 valence electrons. The Kier molecular flexibility index (Phi) is 3.44. The van der Waals surface area contributed by atoms with E-state index in [0.717, 1.165) is 0 Å². The summed E-state index contributed by atoms with van der Waals surface area (Å²) in [5.41, 5.74) is 0. The molecule has 0 aliphatic carbocycles. The van der Waals surface area contributed by atoms with Crippen molar-refractivity contribution in [3.8, 4) is 0 Å². The average Bonchev–Trinajstić information content (AvgIpc) is 1.59. The van der Waals surface area contributed by atoms with Crippen molar-refractivity contribution in [1.29, 1.82) is 0 Å². The molecule has 3 N–H and O–H groups in total. The van der Waals surface area contributed by atoms with Gasteiger partial charge in [0.25, 0.3) is 0 Å². The van der Waals surface area contributed by atoms with E-state index < -0.39 is 8.17 Å². The SMILES string of the molecule is CCCO[P+](O)(O)O. The highest BCUT2D eigenvalue weighted by atomic mass is 31.2. The summed E-state index contributed by atoms with van der Waals surface area (Å²) in [5, 5.41) is 0. The molecule has 0 aromatic rings. The van der Waals surface area contributed by atoms with Crippen LogP contribution in [0.15, 0.2) is 0 Å². The van der Waals surface area contributed by atoms with Gasteiger partial charge in [-0.05, 0) is 6.42 Å². The minimum Gasteiger partial charge on any atom is -0.168 e. The molecule has 0 bridgehead atoms. The third kappa shape index (κ3) is 6.27. The Morgan fingerprint density at radius 2 is 1.88 bits per heavy atom. The van der Waals surface area contributed by atoms with Gasteiger partial charge in [0.15, 0.2) is 0 Å². The summed E-state index contributed by atoms with van der Waals surface area (Å²) in [6.07, 6.45) is 0.656. The molecule has 0 aromatic carbocycles. The van der Waals surface area contributed by atoms with E-state index in [1.54, 1.807) is 6.92 Å². The van der Waals surface area contributed by atoms with E-state index in [0.29, 0.717) is 6.42 Å². The van der Waals surface area contributed by atoms with E-state index in [1.165, 1.54) is 0 Å². The van der Waals surface area contributed by atoms with Crippen LogP contribution in [-0.4, -0.2) is 21.3 Å². The summed E-state index contributed by atoms with van der Waals surface area (Å²) in [5.74, 6) is 0. The van der Waals surface area contributed by atoms with Gasteiger partial charge >= 0.3 is 8.17 Å². The number of hydrogen-bond acceptors (Lipinski definition) is 4. The summed E-state index contributed by atoms with van der Waals surface area (Å²) in [4.78, 5) is 24.4. The second kappa shape index (κ2) is 3.33. The Labute approximate surface area is 48.4 Å². The van der Waals surface area contributed by atoms with Gasteiger partial charge in [0.2, 0.25) is 0 Å². The van der Waals surface area contributed by atoms with E-state index in [1.807, 2.05) is 0 Å². The Hall–Kier alpha value is 0.270. The second-order valence-corrected chi connectivity index (χ2v) is 2.63. The molecule has 0 atom stereocenters. The lowest BCUT2D eigenvalue weighted by molar-refractivity contribution is 0.161. The van der Waals surface area contributed by atoms with Gasteiger partial charge in [-0.3, -0.25) is 0 Å². The van der Waals surface area contributed by atoms with Crippen LogP contribution in [0, 0.1) is 0 Å². The third-order valence-corrected chi connectivity index (χ3v) is 0.998. The highest BCUT2D eigenvalue weighted by molar-refractivity contribution is 7.53. The Balaban J connectivity index is 3.11. The van der Waals surface area contributed by atoms with Gasteiger partial charge in [-0.1, -0.05) is 6.92 Å². The first-order chi connectivity index (χ1) is 3.56. The third-order valence-electron chi connectivity index (χ3n) is 0.469. The van der Waals surface area contributed by atoms with Gasteiger partial charge in [0.05, 0.1) is 6.61 Å². The van der Waals surface area contributed by atoms with Crippen molar-refractivity contribution < 1.29 is 19.2 Å². The molecule has 5 heteroatoms. The molecular formula is C3H10O4P+. The molecule has 0 aromatic heterocycles. The van der Waals surface area contributed by atoms with E-state index in [4.69, 9.17) is 14.7 Å². The molecule has 4 nitrogen and oxygen atoms in total. The maximum absolute atomic E-state index is 8.15. The normalized spacial score (nSPS) is 12.0. The van der Waals surface area contributed by atoms with Gasteiger partial charge < -0.3 is 0 Å². The predicted molar refractivity (Wildman–Crippen MR) is 29.8 cm³/mol. The van der Waals surface area contributed by atoms with Crippen LogP contribution in [0.5, 0.6) is 0 Å². The maximum atomic E-state index is 8.15. The van der Waals surface area contributed by atoms with Crippen molar-refractivity contribution in [3.05, 3.63) is 0 Å². The van der Waals surface area contributed by atoms with Gasteiger partial charge in [0, 0.05) is 0 Å². The van der Waals surface area contributed by atoms with E-state index in [-0.39, 0.29) is 6.61 Å². The molecule has 0 radical (unpaired) electrons. The molecule has 0 heterocycles. The molecule has 0 saturated heterocycles. The van der Waals surface area contributed by atoms with Gasteiger partial charge in [-0.25, -0.2) is 0 Å². The Bertz CT molecular complexity index is 58.8. The fraction of sp³-hybridized carbons (Fsp3) is 1.00. The minimum atomic E-state index is -3.93.